The number of carbonyl (C=O) groups excluding carboxylic acids is 3. The molecule has 0 spiro atoms. The van der Waals surface area contributed by atoms with E-state index in [1.54, 1.807) is 0 Å². The molecule has 12 nitrogen and oxygen atoms in total. The lowest BCUT2D eigenvalue weighted by atomic mass is 9.98. The lowest BCUT2D eigenvalue weighted by molar-refractivity contribution is -0.301. The van der Waals surface area contributed by atoms with Crippen LogP contribution < -0.4 is 0 Å². The van der Waals surface area contributed by atoms with Crippen LogP contribution in [-0.4, -0.2) is 89.2 Å². The van der Waals surface area contributed by atoms with Crippen molar-refractivity contribution in [3.05, 3.63) is 146 Å². The third kappa shape index (κ3) is 44.9. The molecular formula is C69H106O12. The Bertz CT molecular complexity index is 1960. The van der Waals surface area contributed by atoms with E-state index in [0.29, 0.717) is 25.7 Å². The standard InChI is InChI=1S/C69H106O12/c1-4-7-10-13-16-19-22-25-28-30-31-33-36-39-42-45-48-51-54-57-63(72)80-67-65(74)64(73)66(68(75)76)81-69(67)78-59-60(79-62(71)56-53-50-47-44-41-38-34-27-24-21-18-15-12-9-6-3)58-77-61(70)55-52-49-46-43-40-37-35-32-29-26-23-20-17-14-11-8-5-2/h7-12,16-21,25-29,31,33-34,39,42,48,51,60,64-67,69,73-74H,4-6,13-15,22-24,30,32,35-38,40-41,43-47,49-50,52-59H2,1-3H3,(H,75,76)/b10-7-,11-8-,12-9-,19-16-,20-17-,21-18-,28-25-,29-26-,33-31-,34-27-,42-39-,51-48-. The highest BCUT2D eigenvalue weighted by Gasteiger charge is 2.50. The van der Waals surface area contributed by atoms with Gasteiger partial charge in [-0.2, -0.15) is 0 Å². The number of aliphatic carboxylic acids is 1. The van der Waals surface area contributed by atoms with Crippen LogP contribution >= 0.6 is 0 Å². The zero-order chi connectivity index (χ0) is 58.9. The van der Waals surface area contributed by atoms with Crippen molar-refractivity contribution >= 4 is 23.9 Å². The Labute approximate surface area is 489 Å². The summed E-state index contributed by atoms with van der Waals surface area (Å²) in [7, 11) is 0. The number of esters is 3. The van der Waals surface area contributed by atoms with Gasteiger partial charge in [0.2, 0.25) is 0 Å². The van der Waals surface area contributed by atoms with Crippen LogP contribution in [0.2, 0.25) is 0 Å². The normalized spacial score (nSPS) is 18.8. The van der Waals surface area contributed by atoms with Gasteiger partial charge in [-0.25, -0.2) is 4.79 Å². The van der Waals surface area contributed by atoms with Gasteiger partial charge in [0.05, 0.1) is 6.61 Å². The molecule has 1 rings (SSSR count). The molecule has 1 heterocycles. The second-order valence-corrected chi connectivity index (χ2v) is 20.2. The second kappa shape index (κ2) is 55.2. The van der Waals surface area contributed by atoms with Crippen molar-refractivity contribution < 1.29 is 58.2 Å². The first-order valence-electron chi connectivity index (χ1n) is 30.8. The summed E-state index contributed by atoms with van der Waals surface area (Å²) in [5.74, 6) is -3.29. The number of aliphatic hydroxyl groups is 2. The highest BCUT2D eigenvalue weighted by Crippen LogP contribution is 2.26. The Kier molecular flexibility index (Phi) is 50.1. The molecule has 0 bridgehead atoms. The first-order valence-corrected chi connectivity index (χ1v) is 30.8. The van der Waals surface area contributed by atoms with Crippen LogP contribution in [0.4, 0.5) is 0 Å². The third-order valence-corrected chi connectivity index (χ3v) is 12.9. The number of unbranched alkanes of at least 4 members (excludes halogenated alkanes) is 12. The van der Waals surface area contributed by atoms with E-state index < -0.39 is 67.3 Å². The summed E-state index contributed by atoms with van der Waals surface area (Å²) < 4.78 is 28.4. The number of hydrogen-bond acceptors (Lipinski definition) is 11. The molecule has 6 atom stereocenters. The fourth-order valence-corrected chi connectivity index (χ4v) is 8.30. The number of aliphatic hydroxyl groups excluding tert-OH is 2. The van der Waals surface area contributed by atoms with Crippen molar-refractivity contribution in [2.24, 2.45) is 0 Å². The zero-order valence-electron chi connectivity index (χ0n) is 50.0. The van der Waals surface area contributed by atoms with Gasteiger partial charge in [0.25, 0.3) is 0 Å². The molecule has 0 aromatic carbocycles. The van der Waals surface area contributed by atoms with Crippen molar-refractivity contribution in [1.29, 1.82) is 0 Å². The fourth-order valence-electron chi connectivity index (χ4n) is 8.30. The minimum atomic E-state index is -1.94. The van der Waals surface area contributed by atoms with Crippen molar-refractivity contribution in [2.75, 3.05) is 13.2 Å². The number of carboxylic acids is 1. The molecule has 0 aliphatic carbocycles. The molecular weight excluding hydrogens is 1020 g/mol. The Morgan fingerprint density at radius 3 is 1.17 bits per heavy atom. The van der Waals surface area contributed by atoms with Gasteiger partial charge in [0.15, 0.2) is 24.6 Å². The summed E-state index contributed by atoms with van der Waals surface area (Å²) in [4.78, 5) is 51.2. The molecule has 0 saturated carbocycles. The van der Waals surface area contributed by atoms with Crippen molar-refractivity contribution in [3.63, 3.8) is 0 Å². The summed E-state index contributed by atoms with van der Waals surface area (Å²) in [6, 6.07) is 0. The molecule has 12 heteroatoms. The Morgan fingerprint density at radius 1 is 0.407 bits per heavy atom. The lowest BCUT2D eigenvalue weighted by Crippen LogP contribution is -2.61. The molecule has 1 fully saturated rings. The van der Waals surface area contributed by atoms with Crippen LogP contribution in [0.25, 0.3) is 0 Å². The van der Waals surface area contributed by atoms with Gasteiger partial charge in [0, 0.05) is 19.3 Å². The van der Waals surface area contributed by atoms with Crippen LogP contribution in [0.3, 0.4) is 0 Å². The summed E-state index contributed by atoms with van der Waals surface area (Å²) in [6.07, 6.45) is 66.7. The Morgan fingerprint density at radius 2 is 0.765 bits per heavy atom. The van der Waals surface area contributed by atoms with Crippen LogP contribution in [0.1, 0.15) is 213 Å². The van der Waals surface area contributed by atoms with Crippen LogP contribution in [-0.2, 0) is 42.9 Å². The molecule has 0 radical (unpaired) electrons. The van der Waals surface area contributed by atoms with Gasteiger partial charge < -0.3 is 39.0 Å². The first-order chi connectivity index (χ1) is 39.6. The summed E-state index contributed by atoms with van der Waals surface area (Å²) >= 11 is 0. The van der Waals surface area contributed by atoms with Gasteiger partial charge in [-0.05, 0) is 122 Å². The van der Waals surface area contributed by atoms with E-state index in [9.17, 15) is 34.5 Å². The van der Waals surface area contributed by atoms with E-state index in [2.05, 4.69) is 148 Å². The number of allylic oxidation sites excluding steroid dienone is 24. The molecule has 0 aromatic heterocycles. The predicted octanol–water partition coefficient (Wildman–Crippen LogP) is 16.3. The molecule has 1 aliphatic heterocycles. The maximum atomic E-state index is 13.2. The van der Waals surface area contributed by atoms with Gasteiger partial charge in [-0.1, -0.05) is 218 Å². The van der Waals surface area contributed by atoms with Crippen molar-refractivity contribution in [1.82, 2.24) is 0 Å². The number of hydrogen-bond donors (Lipinski definition) is 3. The van der Waals surface area contributed by atoms with Crippen molar-refractivity contribution in [2.45, 2.75) is 250 Å². The number of carbonyl (C=O) groups is 4. The Balaban J connectivity index is 2.75. The van der Waals surface area contributed by atoms with Crippen LogP contribution in [0.5, 0.6) is 0 Å². The maximum absolute atomic E-state index is 13.2. The minimum absolute atomic E-state index is 0.0759. The van der Waals surface area contributed by atoms with E-state index >= 15 is 0 Å². The van der Waals surface area contributed by atoms with E-state index in [1.807, 2.05) is 18.2 Å². The topological polar surface area (TPSA) is 175 Å². The molecule has 6 unspecified atom stereocenters. The largest absolute Gasteiger partial charge is 0.479 e. The lowest BCUT2D eigenvalue weighted by Gasteiger charge is -2.40. The Hall–Kier alpha value is -5.40. The van der Waals surface area contributed by atoms with Gasteiger partial charge in [-0.15, -0.1) is 0 Å². The van der Waals surface area contributed by atoms with Crippen molar-refractivity contribution in [3.8, 4) is 0 Å². The average Bonchev–Trinajstić information content (AvgIpc) is 3.54. The molecule has 1 saturated heterocycles. The smallest absolute Gasteiger partial charge is 0.335 e. The SMILES string of the molecule is CC/C=C\C/C=C\C/C=C\C/C=C\C/C=C\C/C=C\CCC(=O)OC1C(OCC(COC(=O)CCCCCCCCC/C=C\C/C=C\C/C=C\CC)OC(=O)CCCCCCC/C=C\C/C=C\C/C=C\CC)OC(C(=O)O)C(O)C1O. The molecule has 3 N–H and O–H groups in total. The number of rotatable bonds is 50. The second-order valence-electron chi connectivity index (χ2n) is 20.2. The van der Waals surface area contributed by atoms with Crippen LogP contribution in [0, 0.1) is 0 Å². The molecule has 81 heavy (non-hydrogen) atoms. The fraction of sp³-hybridized carbons (Fsp3) is 0.594. The first kappa shape index (κ1) is 73.6. The van der Waals surface area contributed by atoms with Gasteiger partial charge >= 0.3 is 23.9 Å². The van der Waals surface area contributed by atoms with Gasteiger partial charge in [-0.3, -0.25) is 14.4 Å². The molecule has 1 aliphatic rings. The summed E-state index contributed by atoms with van der Waals surface area (Å²) in [5.41, 5.74) is 0. The summed E-state index contributed by atoms with van der Waals surface area (Å²) in [6.45, 7) is 5.60. The predicted molar refractivity (Wildman–Crippen MR) is 330 cm³/mol. The van der Waals surface area contributed by atoms with Gasteiger partial charge in [0.1, 0.15) is 18.8 Å². The number of carboxylic acid groups (broad SMARTS) is 1. The van der Waals surface area contributed by atoms with E-state index in [-0.39, 0.29) is 25.9 Å². The molecule has 454 valence electrons. The number of ether oxygens (including phenoxy) is 5. The highest BCUT2D eigenvalue weighted by atomic mass is 16.7. The molecule has 0 aromatic rings. The average molecular weight is 1130 g/mol. The maximum Gasteiger partial charge on any atom is 0.335 e. The van der Waals surface area contributed by atoms with E-state index in [1.165, 1.54) is 0 Å². The highest BCUT2D eigenvalue weighted by molar-refractivity contribution is 5.74. The van der Waals surface area contributed by atoms with E-state index in [4.69, 9.17) is 23.7 Å². The van der Waals surface area contributed by atoms with Crippen LogP contribution in [0.15, 0.2) is 146 Å². The minimum Gasteiger partial charge on any atom is -0.479 e. The van der Waals surface area contributed by atoms with E-state index in [0.717, 1.165) is 148 Å². The zero-order valence-corrected chi connectivity index (χ0v) is 50.0. The molecule has 0 amide bonds. The quantitative estimate of drug-likeness (QED) is 0.0228. The monoisotopic (exact) mass is 1130 g/mol. The third-order valence-electron chi connectivity index (χ3n) is 12.9. The summed E-state index contributed by atoms with van der Waals surface area (Å²) in [5, 5.41) is 31.5.